The summed E-state index contributed by atoms with van der Waals surface area (Å²) in [4.78, 5) is 4.08. The first kappa shape index (κ1) is 11.1. The average Bonchev–Trinajstić information content (AvgIpc) is 2.69. The third-order valence-electron chi connectivity index (χ3n) is 4.16. The minimum absolute atomic E-state index is 0.332. The first-order valence-electron chi connectivity index (χ1n) is 6.31. The molecule has 3 rings (SSSR count). The van der Waals surface area contributed by atoms with Gasteiger partial charge in [0.2, 0.25) is 0 Å². The molecule has 1 aromatic rings. The van der Waals surface area contributed by atoms with Crippen molar-refractivity contribution in [1.29, 1.82) is 0 Å². The molecule has 0 amide bonds. The van der Waals surface area contributed by atoms with E-state index in [2.05, 4.69) is 10.3 Å². The highest BCUT2D eigenvalue weighted by molar-refractivity contribution is 5.19. The highest BCUT2D eigenvalue weighted by Gasteiger charge is 2.46. The number of rotatable bonds is 2. The lowest BCUT2D eigenvalue weighted by Gasteiger charge is -2.41. The van der Waals surface area contributed by atoms with E-state index in [-0.39, 0.29) is 6.04 Å². The summed E-state index contributed by atoms with van der Waals surface area (Å²) in [6.45, 7) is 0. The molecule has 4 N–H and O–H groups in total. The van der Waals surface area contributed by atoms with E-state index in [1.165, 1.54) is 0 Å². The largest absolute Gasteiger partial charge is 0.388 e. The van der Waals surface area contributed by atoms with Crippen LogP contribution in [0.2, 0.25) is 0 Å². The van der Waals surface area contributed by atoms with E-state index in [1.54, 1.807) is 12.4 Å². The van der Waals surface area contributed by atoms with Crippen LogP contribution in [-0.4, -0.2) is 27.8 Å². The van der Waals surface area contributed by atoms with Gasteiger partial charge in [-0.2, -0.15) is 0 Å². The van der Waals surface area contributed by atoms with Gasteiger partial charge in [-0.15, -0.1) is 0 Å². The van der Waals surface area contributed by atoms with E-state index in [9.17, 15) is 5.11 Å². The summed E-state index contributed by atoms with van der Waals surface area (Å²) in [6, 6.07) is 4.35. The fourth-order valence-electron chi connectivity index (χ4n) is 3.29. The van der Waals surface area contributed by atoms with Crippen molar-refractivity contribution in [3.8, 4) is 0 Å². The second-order valence-electron chi connectivity index (χ2n) is 5.41. The Morgan fingerprint density at radius 1 is 1.41 bits per heavy atom. The quantitative estimate of drug-likeness (QED) is 0.704. The van der Waals surface area contributed by atoms with E-state index in [4.69, 9.17) is 5.73 Å². The lowest BCUT2D eigenvalue weighted by molar-refractivity contribution is -0.0298. The fourth-order valence-corrected chi connectivity index (χ4v) is 3.29. The van der Waals surface area contributed by atoms with Crippen molar-refractivity contribution >= 4 is 0 Å². The number of nitrogens with two attached hydrogens (primary N) is 1. The molecule has 2 bridgehead atoms. The van der Waals surface area contributed by atoms with Crippen LogP contribution in [0.25, 0.3) is 0 Å². The molecule has 0 radical (unpaired) electrons. The van der Waals surface area contributed by atoms with Crippen LogP contribution in [0.4, 0.5) is 0 Å². The predicted octanol–water partition coefficient (Wildman–Crippen LogP) is 0.727. The molecule has 0 aliphatic carbocycles. The SMILES string of the molecule is NC(c1cccnc1)C1(O)CC2CCC(C1)N2. The number of nitrogens with zero attached hydrogens (tertiary/aromatic N) is 1. The van der Waals surface area contributed by atoms with Gasteiger partial charge in [-0.25, -0.2) is 0 Å². The highest BCUT2D eigenvalue weighted by atomic mass is 16.3. The van der Waals surface area contributed by atoms with Gasteiger partial charge in [0.1, 0.15) is 0 Å². The lowest BCUT2D eigenvalue weighted by Crippen LogP contribution is -2.53. The zero-order chi connectivity index (χ0) is 11.9. The molecule has 3 atom stereocenters. The molecule has 2 aliphatic rings. The number of aliphatic hydroxyl groups is 1. The number of fused-ring (bicyclic) bond motifs is 2. The second-order valence-corrected chi connectivity index (χ2v) is 5.41. The molecule has 92 valence electrons. The summed E-state index contributed by atoms with van der Waals surface area (Å²) < 4.78 is 0. The average molecular weight is 233 g/mol. The molecule has 0 saturated carbocycles. The van der Waals surface area contributed by atoms with Crippen LogP contribution < -0.4 is 11.1 Å². The number of nitrogens with one attached hydrogen (secondary N) is 1. The van der Waals surface area contributed by atoms with Gasteiger partial charge in [0.25, 0.3) is 0 Å². The molecular weight excluding hydrogens is 214 g/mol. The van der Waals surface area contributed by atoms with Crippen LogP contribution in [0.5, 0.6) is 0 Å². The molecule has 3 unspecified atom stereocenters. The molecule has 4 heteroatoms. The number of aromatic nitrogens is 1. The molecule has 1 aromatic heterocycles. The Bertz CT molecular complexity index is 383. The van der Waals surface area contributed by atoms with Crippen molar-refractivity contribution in [3.63, 3.8) is 0 Å². The van der Waals surface area contributed by atoms with Crippen LogP contribution in [0.3, 0.4) is 0 Å². The van der Waals surface area contributed by atoms with Crippen molar-refractivity contribution in [2.45, 2.75) is 49.4 Å². The van der Waals surface area contributed by atoms with Crippen LogP contribution >= 0.6 is 0 Å². The monoisotopic (exact) mass is 233 g/mol. The van der Waals surface area contributed by atoms with Crippen LogP contribution in [0, 0.1) is 0 Å². The minimum Gasteiger partial charge on any atom is -0.388 e. The van der Waals surface area contributed by atoms with Crippen molar-refractivity contribution in [2.24, 2.45) is 5.73 Å². The Balaban J connectivity index is 1.83. The Hall–Kier alpha value is -0.970. The molecule has 3 heterocycles. The fraction of sp³-hybridized carbons (Fsp3) is 0.615. The Labute approximate surface area is 101 Å². The zero-order valence-electron chi connectivity index (χ0n) is 9.84. The Morgan fingerprint density at radius 3 is 2.71 bits per heavy atom. The van der Waals surface area contributed by atoms with E-state index < -0.39 is 5.60 Å². The Morgan fingerprint density at radius 2 is 2.12 bits per heavy atom. The summed E-state index contributed by atoms with van der Waals surface area (Å²) in [6.07, 6.45) is 7.30. The van der Waals surface area contributed by atoms with Gasteiger partial charge in [-0.3, -0.25) is 4.98 Å². The van der Waals surface area contributed by atoms with Gasteiger partial charge in [-0.1, -0.05) is 6.07 Å². The topological polar surface area (TPSA) is 71.2 Å². The molecular formula is C13H19N3O. The van der Waals surface area contributed by atoms with Crippen LogP contribution in [-0.2, 0) is 0 Å². The molecule has 0 aromatic carbocycles. The van der Waals surface area contributed by atoms with Gasteiger partial charge >= 0.3 is 0 Å². The summed E-state index contributed by atoms with van der Waals surface area (Å²) >= 11 is 0. The molecule has 0 spiro atoms. The third-order valence-corrected chi connectivity index (χ3v) is 4.16. The zero-order valence-corrected chi connectivity index (χ0v) is 9.84. The maximum atomic E-state index is 10.8. The van der Waals surface area contributed by atoms with E-state index in [1.807, 2.05) is 12.1 Å². The predicted molar refractivity (Wildman–Crippen MR) is 65.3 cm³/mol. The van der Waals surface area contributed by atoms with Gasteiger partial charge < -0.3 is 16.2 Å². The first-order chi connectivity index (χ1) is 8.17. The maximum absolute atomic E-state index is 10.8. The van der Waals surface area contributed by atoms with Crippen LogP contribution in [0.15, 0.2) is 24.5 Å². The van der Waals surface area contributed by atoms with E-state index in [0.717, 1.165) is 31.2 Å². The number of hydrogen-bond acceptors (Lipinski definition) is 4. The maximum Gasteiger partial charge on any atom is 0.0869 e. The van der Waals surface area contributed by atoms with Gasteiger partial charge in [0, 0.05) is 24.5 Å². The smallest absolute Gasteiger partial charge is 0.0869 e. The molecule has 2 saturated heterocycles. The highest BCUT2D eigenvalue weighted by Crippen LogP contribution is 2.40. The van der Waals surface area contributed by atoms with Gasteiger partial charge in [-0.05, 0) is 37.3 Å². The van der Waals surface area contributed by atoms with E-state index >= 15 is 0 Å². The third kappa shape index (κ3) is 1.97. The van der Waals surface area contributed by atoms with Crippen molar-refractivity contribution in [3.05, 3.63) is 30.1 Å². The molecule has 17 heavy (non-hydrogen) atoms. The lowest BCUT2D eigenvalue weighted by atomic mass is 9.79. The molecule has 2 fully saturated rings. The summed E-state index contributed by atoms with van der Waals surface area (Å²) in [5.74, 6) is 0. The number of hydrogen-bond donors (Lipinski definition) is 3. The van der Waals surface area contributed by atoms with Crippen molar-refractivity contribution in [1.82, 2.24) is 10.3 Å². The van der Waals surface area contributed by atoms with Gasteiger partial charge in [0.05, 0.1) is 11.6 Å². The number of pyridine rings is 1. The van der Waals surface area contributed by atoms with Gasteiger partial charge in [0.15, 0.2) is 0 Å². The van der Waals surface area contributed by atoms with E-state index in [0.29, 0.717) is 12.1 Å². The summed E-state index contributed by atoms with van der Waals surface area (Å²) in [5.41, 5.74) is 6.39. The second kappa shape index (κ2) is 4.05. The first-order valence-corrected chi connectivity index (χ1v) is 6.31. The minimum atomic E-state index is -0.778. The summed E-state index contributed by atoms with van der Waals surface area (Å²) in [7, 11) is 0. The normalized spacial score (nSPS) is 38.0. The van der Waals surface area contributed by atoms with Crippen molar-refractivity contribution in [2.75, 3.05) is 0 Å². The summed E-state index contributed by atoms with van der Waals surface area (Å²) in [5, 5.41) is 14.3. The number of piperidine rings is 1. The van der Waals surface area contributed by atoms with Crippen molar-refractivity contribution < 1.29 is 5.11 Å². The molecule has 2 aliphatic heterocycles. The van der Waals surface area contributed by atoms with Crippen LogP contribution in [0.1, 0.15) is 37.3 Å². The Kier molecular flexibility index (Phi) is 2.65. The molecule has 4 nitrogen and oxygen atoms in total. The standard InChI is InChI=1S/C13H19N3O/c14-12(9-2-1-5-15-8-9)13(17)6-10-3-4-11(7-13)16-10/h1-2,5,8,10-12,16-17H,3-4,6-7,14H2.